The van der Waals surface area contributed by atoms with Crippen LogP contribution < -0.4 is 20.1 Å². The van der Waals surface area contributed by atoms with Crippen LogP contribution in [0.3, 0.4) is 0 Å². The minimum absolute atomic E-state index is 0.128. The monoisotopic (exact) mass is 361 g/mol. The van der Waals surface area contributed by atoms with Crippen molar-refractivity contribution in [2.75, 3.05) is 33.9 Å². The summed E-state index contributed by atoms with van der Waals surface area (Å²) < 4.78 is 16.0. The third-order valence-corrected chi connectivity index (χ3v) is 4.33. The fourth-order valence-electron chi connectivity index (χ4n) is 2.99. The molecule has 8 heteroatoms. The van der Waals surface area contributed by atoms with E-state index >= 15 is 0 Å². The highest BCUT2D eigenvalue weighted by Gasteiger charge is 2.23. The number of rotatable bonds is 7. The van der Waals surface area contributed by atoms with E-state index in [0.717, 1.165) is 18.2 Å². The maximum absolute atomic E-state index is 12.4. The number of carbonyl (C=O) groups excluding carboxylic acids is 2. The molecule has 0 radical (unpaired) electrons. The first-order valence-corrected chi connectivity index (χ1v) is 8.55. The van der Waals surface area contributed by atoms with E-state index in [1.807, 2.05) is 0 Å². The van der Waals surface area contributed by atoms with Crippen LogP contribution in [-0.2, 0) is 9.53 Å². The van der Waals surface area contributed by atoms with Gasteiger partial charge in [0.05, 0.1) is 19.7 Å². The molecule has 1 saturated heterocycles. The summed E-state index contributed by atoms with van der Waals surface area (Å²) in [5.41, 5.74) is 1.09. The first kappa shape index (κ1) is 18.1. The van der Waals surface area contributed by atoms with Gasteiger partial charge in [0.2, 0.25) is 5.91 Å². The molecule has 140 valence electrons. The van der Waals surface area contributed by atoms with Crippen molar-refractivity contribution in [1.82, 2.24) is 15.6 Å². The number of nitrogens with one attached hydrogen (secondary N) is 3. The van der Waals surface area contributed by atoms with Crippen LogP contribution in [0.15, 0.2) is 18.2 Å². The van der Waals surface area contributed by atoms with Gasteiger partial charge < -0.3 is 29.8 Å². The van der Waals surface area contributed by atoms with Crippen LogP contribution in [0.5, 0.6) is 11.5 Å². The van der Waals surface area contributed by atoms with Gasteiger partial charge in [0.15, 0.2) is 0 Å². The average molecular weight is 361 g/mol. The lowest BCUT2D eigenvalue weighted by atomic mass is 10.2. The number of H-pyrrole nitrogens is 1. The van der Waals surface area contributed by atoms with Crippen LogP contribution in [-0.4, -0.2) is 56.8 Å². The van der Waals surface area contributed by atoms with Gasteiger partial charge in [-0.15, -0.1) is 0 Å². The van der Waals surface area contributed by atoms with E-state index in [1.54, 1.807) is 32.4 Å². The fourth-order valence-corrected chi connectivity index (χ4v) is 2.99. The van der Waals surface area contributed by atoms with E-state index in [9.17, 15) is 9.59 Å². The predicted molar refractivity (Wildman–Crippen MR) is 95.7 cm³/mol. The quantitative estimate of drug-likeness (QED) is 0.644. The van der Waals surface area contributed by atoms with Gasteiger partial charge in [-0.05, 0) is 31.0 Å². The Kier molecular flexibility index (Phi) is 5.62. The first-order valence-electron chi connectivity index (χ1n) is 8.55. The number of hydrogen-bond acceptors (Lipinski definition) is 5. The van der Waals surface area contributed by atoms with Crippen molar-refractivity contribution in [3.05, 3.63) is 23.9 Å². The Morgan fingerprint density at radius 1 is 1.19 bits per heavy atom. The molecule has 0 unspecified atom stereocenters. The van der Waals surface area contributed by atoms with E-state index in [1.165, 1.54) is 0 Å². The minimum atomic E-state index is -0.362. The number of benzene rings is 1. The molecule has 2 heterocycles. The lowest BCUT2D eigenvalue weighted by Gasteiger charge is -2.10. The van der Waals surface area contributed by atoms with Crippen molar-refractivity contribution in [2.45, 2.75) is 18.9 Å². The second kappa shape index (κ2) is 8.09. The highest BCUT2D eigenvalue weighted by Crippen LogP contribution is 2.33. The van der Waals surface area contributed by atoms with E-state index in [0.29, 0.717) is 42.4 Å². The first-order chi connectivity index (χ1) is 12.6. The van der Waals surface area contributed by atoms with Crippen LogP contribution in [0, 0.1) is 0 Å². The SMILES string of the molecule is COc1ccc(OC)c2[nH]c(C(=O)NCCNC(=O)[C@@H]3CCCO3)cc12. The van der Waals surface area contributed by atoms with Gasteiger partial charge in [-0.3, -0.25) is 9.59 Å². The number of hydrogen-bond donors (Lipinski definition) is 3. The number of carbonyl (C=O) groups is 2. The zero-order chi connectivity index (χ0) is 18.5. The highest BCUT2D eigenvalue weighted by atomic mass is 16.5. The molecule has 1 atom stereocenters. The molecule has 3 N–H and O–H groups in total. The molecule has 0 bridgehead atoms. The summed E-state index contributed by atoms with van der Waals surface area (Å²) in [6, 6.07) is 5.29. The van der Waals surface area contributed by atoms with Crippen molar-refractivity contribution in [1.29, 1.82) is 0 Å². The van der Waals surface area contributed by atoms with Crippen molar-refractivity contribution in [2.24, 2.45) is 0 Å². The molecule has 2 aromatic rings. The van der Waals surface area contributed by atoms with Crippen LogP contribution in [0.1, 0.15) is 23.3 Å². The number of methoxy groups -OCH3 is 2. The van der Waals surface area contributed by atoms with Crippen LogP contribution >= 0.6 is 0 Å². The van der Waals surface area contributed by atoms with Crippen LogP contribution in [0.25, 0.3) is 10.9 Å². The van der Waals surface area contributed by atoms with Gasteiger partial charge in [-0.1, -0.05) is 0 Å². The lowest BCUT2D eigenvalue weighted by molar-refractivity contribution is -0.129. The molecule has 0 aliphatic carbocycles. The molecule has 0 saturated carbocycles. The molecule has 1 aliphatic rings. The number of ether oxygens (including phenoxy) is 3. The zero-order valence-electron chi connectivity index (χ0n) is 14.9. The van der Waals surface area contributed by atoms with Gasteiger partial charge in [0.1, 0.15) is 23.3 Å². The maximum atomic E-state index is 12.4. The van der Waals surface area contributed by atoms with Gasteiger partial charge in [0.25, 0.3) is 5.91 Å². The maximum Gasteiger partial charge on any atom is 0.267 e. The number of fused-ring (bicyclic) bond motifs is 1. The predicted octanol–water partition coefficient (Wildman–Crippen LogP) is 1.21. The summed E-state index contributed by atoms with van der Waals surface area (Å²) in [7, 11) is 3.14. The molecule has 2 amide bonds. The van der Waals surface area contributed by atoms with E-state index < -0.39 is 0 Å². The summed E-state index contributed by atoms with van der Waals surface area (Å²) in [4.78, 5) is 27.2. The Morgan fingerprint density at radius 2 is 1.92 bits per heavy atom. The zero-order valence-corrected chi connectivity index (χ0v) is 14.9. The Bertz CT molecular complexity index is 754. The molecule has 3 rings (SSSR count). The molecule has 1 aromatic heterocycles. The summed E-state index contributed by atoms with van der Waals surface area (Å²) in [5.74, 6) is 0.886. The molecule has 26 heavy (non-hydrogen) atoms. The summed E-state index contributed by atoms with van der Waals surface area (Å²) >= 11 is 0. The third-order valence-electron chi connectivity index (χ3n) is 4.33. The normalized spacial score (nSPS) is 16.5. The smallest absolute Gasteiger partial charge is 0.267 e. The van der Waals surface area contributed by atoms with Crippen LogP contribution in [0.2, 0.25) is 0 Å². The van der Waals surface area contributed by atoms with Gasteiger partial charge >= 0.3 is 0 Å². The summed E-state index contributed by atoms with van der Waals surface area (Å²) in [6.07, 6.45) is 1.29. The van der Waals surface area contributed by atoms with E-state index in [4.69, 9.17) is 14.2 Å². The topological polar surface area (TPSA) is 102 Å². The minimum Gasteiger partial charge on any atom is -0.496 e. The van der Waals surface area contributed by atoms with Crippen molar-refractivity contribution in [3.8, 4) is 11.5 Å². The second-order valence-electron chi connectivity index (χ2n) is 5.99. The molecule has 1 fully saturated rings. The standard InChI is InChI=1S/C18H23N3O5/c1-24-13-5-6-14(25-2)16-11(13)10-12(21-16)17(22)19-7-8-20-18(23)15-4-3-9-26-15/h5-6,10,15,21H,3-4,7-9H2,1-2H3,(H,19,22)(H,20,23)/t15-/m0/s1. The lowest BCUT2D eigenvalue weighted by Crippen LogP contribution is -2.39. The summed E-state index contributed by atoms with van der Waals surface area (Å²) in [6.45, 7) is 1.29. The van der Waals surface area contributed by atoms with Crippen molar-refractivity contribution >= 4 is 22.7 Å². The second-order valence-corrected chi connectivity index (χ2v) is 5.99. The Balaban J connectivity index is 1.58. The number of aromatic nitrogens is 1. The largest absolute Gasteiger partial charge is 0.496 e. The fraction of sp³-hybridized carbons (Fsp3) is 0.444. The highest BCUT2D eigenvalue weighted by molar-refractivity contribution is 6.01. The molecule has 0 spiro atoms. The van der Waals surface area contributed by atoms with Gasteiger partial charge in [-0.25, -0.2) is 0 Å². The third kappa shape index (κ3) is 3.75. The Hall–Kier alpha value is -2.74. The Labute approximate surface area is 151 Å². The molecule has 1 aliphatic heterocycles. The molecular weight excluding hydrogens is 338 g/mol. The Morgan fingerprint density at radius 3 is 2.62 bits per heavy atom. The van der Waals surface area contributed by atoms with Gasteiger partial charge in [0, 0.05) is 25.1 Å². The van der Waals surface area contributed by atoms with E-state index in [-0.39, 0.29) is 17.9 Å². The van der Waals surface area contributed by atoms with Crippen molar-refractivity contribution < 1.29 is 23.8 Å². The molecule has 1 aromatic carbocycles. The molecular formula is C18H23N3O5. The molecule has 8 nitrogen and oxygen atoms in total. The summed E-state index contributed by atoms with van der Waals surface area (Å²) in [5, 5.41) is 6.31. The van der Waals surface area contributed by atoms with Gasteiger partial charge in [-0.2, -0.15) is 0 Å². The van der Waals surface area contributed by atoms with Crippen LogP contribution in [0.4, 0.5) is 0 Å². The van der Waals surface area contributed by atoms with Crippen molar-refractivity contribution in [3.63, 3.8) is 0 Å². The van der Waals surface area contributed by atoms with E-state index in [2.05, 4.69) is 15.6 Å². The average Bonchev–Trinajstić information content (AvgIpc) is 3.33. The number of aromatic amines is 1. The number of amides is 2.